The summed E-state index contributed by atoms with van der Waals surface area (Å²) >= 11 is 1.74. The van der Waals surface area contributed by atoms with E-state index in [4.69, 9.17) is 4.52 Å². The van der Waals surface area contributed by atoms with Crippen LogP contribution in [0.25, 0.3) is 0 Å². The predicted octanol–water partition coefficient (Wildman–Crippen LogP) is 7.68. The fourth-order valence-corrected chi connectivity index (χ4v) is 17.2. The molecule has 2 unspecified atom stereocenters. The second kappa shape index (κ2) is 10.4. The van der Waals surface area contributed by atoms with E-state index < -0.39 is 4.66 Å². The van der Waals surface area contributed by atoms with Crippen LogP contribution in [-0.2, 0) is 4.52 Å². The molecule has 1 fully saturated rings. The zero-order chi connectivity index (χ0) is 16.5. The molecule has 0 radical (unpaired) electrons. The van der Waals surface area contributed by atoms with Gasteiger partial charge >= 0.3 is 150 Å². The van der Waals surface area contributed by atoms with E-state index in [2.05, 4.69) is 27.7 Å². The first kappa shape index (κ1) is 21.4. The molecular weight excluding hydrogens is 351 g/mol. The van der Waals surface area contributed by atoms with Gasteiger partial charge in [-0.3, -0.25) is 0 Å². The number of hydrogen-bond acceptors (Lipinski definition) is 5. The molecule has 0 aliphatic carbocycles. The van der Waals surface area contributed by atoms with Gasteiger partial charge in [-0.1, -0.05) is 0 Å². The first-order valence-corrected chi connectivity index (χ1v) is 16.0. The summed E-state index contributed by atoms with van der Waals surface area (Å²) in [5.74, 6) is 2.38. The first-order valence-electron chi connectivity index (χ1n) is 8.95. The van der Waals surface area contributed by atoms with Gasteiger partial charge < -0.3 is 0 Å². The standard InChI is InChI=1S/C16H35O2PS3/c1-5-9-11-15(7-3)13-18-19(17,21-22-19)20-14-16(8-4)12-10-6-2/h15-17H,5-14H2,1-4H3. The van der Waals surface area contributed by atoms with Crippen LogP contribution >= 0.6 is 36.9 Å². The van der Waals surface area contributed by atoms with Crippen molar-refractivity contribution in [1.82, 2.24) is 0 Å². The summed E-state index contributed by atoms with van der Waals surface area (Å²) in [5.41, 5.74) is 0. The summed E-state index contributed by atoms with van der Waals surface area (Å²) < 4.78 is 3.24. The molecule has 0 saturated carbocycles. The fourth-order valence-electron chi connectivity index (χ4n) is 2.42. The van der Waals surface area contributed by atoms with Crippen LogP contribution in [0.1, 0.15) is 79.1 Å². The summed E-state index contributed by atoms with van der Waals surface area (Å²) in [6.07, 6.45) is 9.96. The van der Waals surface area contributed by atoms with Gasteiger partial charge in [0.1, 0.15) is 0 Å². The van der Waals surface area contributed by atoms with Gasteiger partial charge in [-0.05, 0) is 0 Å². The van der Waals surface area contributed by atoms with Gasteiger partial charge in [0.15, 0.2) is 0 Å². The third-order valence-electron chi connectivity index (χ3n) is 4.40. The molecule has 134 valence electrons. The van der Waals surface area contributed by atoms with E-state index >= 15 is 0 Å². The van der Waals surface area contributed by atoms with Crippen molar-refractivity contribution in [2.45, 2.75) is 79.1 Å². The summed E-state index contributed by atoms with van der Waals surface area (Å²) in [6, 6.07) is 0. The predicted molar refractivity (Wildman–Crippen MR) is 109 cm³/mol. The minimum absolute atomic E-state index is 0.607. The average Bonchev–Trinajstić information content (AvgIpc) is 3.22. The normalized spacial score (nSPS) is 23.4. The summed E-state index contributed by atoms with van der Waals surface area (Å²) in [6.45, 7) is 9.73. The second-order valence-corrected chi connectivity index (χ2v) is 21.6. The third-order valence-corrected chi connectivity index (χ3v) is 20.7. The Labute approximate surface area is 149 Å². The Balaban J connectivity index is 2.39. The first-order chi connectivity index (χ1) is 10.5. The van der Waals surface area contributed by atoms with Crippen LogP contribution in [0.5, 0.6) is 0 Å². The Kier molecular flexibility index (Phi) is 10.1. The quantitative estimate of drug-likeness (QED) is 0.188. The molecule has 6 heteroatoms. The number of unbranched alkanes of at least 4 members (excludes halogenated alkanes) is 2. The van der Waals surface area contributed by atoms with Crippen molar-refractivity contribution >= 4 is 36.9 Å². The number of hydrogen-bond donors (Lipinski definition) is 1. The van der Waals surface area contributed by atoms with E-state index in [1.165, 1.54) is 44.9 Å². The van der Waals surface area contributed by atoms with Crippen molar-refractivity contribution in [3.05, 3.63) is 0 Å². The molecule has 0 spiro atoms. The Morgan fingerprint density at radius 2 is 1.50 bits per heavy atom. The van der Waals surface area contributed by atoms with E-state index in [9.17, 15) is 4.89 Å². The molecule has 1 aliphatic heterocycles. The SMILES string of the molecule is CCCCC(CC)COP1(O)(SCC(CC)CCCC)SS1. The van der Waals surface area contributed by atoms with Crippen LogP contribution in [0.15, 0.2) is 0 Å². The second-order valence-electron chi connectivity index (χ2n) is 6.35. The fraction of sp³-hybridized carbons (Fsp3) is 1.00. The molecule has 0 aromatic rings. The maximum absolute atomic E-state index is 11.0. The van der Waals surface area contributed by atoms with Crippen LogP contribution in [0.4, 0.5) is 0 Å². The topological polar surface area (TPSA) is 29.5 Å². The van der Waals surface area contributed by atoms with Gasteiger partial charge in [-0.25, -0.2) is 0 Å². The van der Waals surface area contributed by atoms with E-state index in [-0.39, 0.29) is 0 Å². The van der Waals surface area contributed by atoms with Crippen molar-refractivity contribution in [3.8, 4) is 0 Å². The molecule has 1 heterocycles. The Hall–Kier alpha value is 1.40. The Bertz CT molecular complexity index is 290. The summed E-state index contributed by atoms with van der Waals surface area (Å²) in [7, 11) is 3.23. The van der Waals surface area contributed by atoms with E-state index in [0.29, 0.717) is 5.92 Å². The molecule has 1 N–H and O–H groups in total. The molecule has 22 heavy (non-hydrogen) atoms. The van der Waals surface area contributed by atoms with Crippen molar-refractivity contribution in [1.29, 1.82) is 0 Å². The van der Waals surface area contributed by atoms with E-state index in [1.807, 2.05) is 0 Å². The zero-order valence-electron chi connectivity index (χ0n) is 14.8. The zero-order valence-corrected chi connectivity index (χ0v) is 18.1. The van der Waals surface area contributed by atoms with E-state index in [1.54, 1.807) is 32.2 Å². The molecule has 0 bridgehead atoms. The van der Waals surface area contributed by atoms with Gasteiger partial charge in [0, 0.05) is 0 Å². The molecule has 0 amide bonds. The monoisotopic (exact) mass is 386 g/mol. The van der Waals surface area contributed by atoms with Crippen molar-refractivity contribution in [3.63, 3.8) is 0 Å². The minimum atomic E-state index is -2.91. The molecular formula is C16H35O2PS3. The number of rotatable bonds is 14. The average molecular weight is 387 g/mol. The van der Waals surface area contributed by atoms with Crippen LogP contribution in [-0.4, -0.2) is 17.3 Å². The molecule has 1 saturated heterocycles. The van der Waals surface area contributed by atoms with E-state index in [0.717, 1.165) is 24.7 Å². The Morgan fingerprint density at radius 3 is 1.95 bits per heavy atom. The van der Waals surface area contributed by atoms with Crippen LogP contribution < -0.4 is 0 Å². The van der Waals surface area contributed by atoms with Gasteiger partial charge in [-0.2, -0.15) is 0 Å². The Morgan fingerprint density at radius 1 is 0.955 bits per heavy atom. The molecule has 1 aliphatic rings. The van der Waals surface area contributed by atoms with Gasteiger partial charge in [-0.15, -0.1) is 0 Å². The molecule has 1 rings (SSSR count). The summed E-state index contributed by atoms with van der Waals surface area (Å²) in [4.78, 5) is 11.0. The third kappa shape index (κ3) is 7.53. The van der Waals surface area contributed by atoms with Crippen molar-refractivity contribution in [2.75, 3.05) is 12.4 Å². The van der Waals surface area contributed by atoms with Crippen LogP contribution in [0.2, 0.25) is 0 Å². The molecule has 2 atom stereocenters. The van der Waals surface area contributed by atoms with Crippen molar-refractivity contribution in [2.24, 2.45) is 11.8 Å². The van der Waals surface area contributed by atoms with Crippen molar-refractivity contribution < 1.29 is 9.42 Å². The molecule has 2 nitrogen and oxygen atoms in total. The van der Waals surface area contributed by atoms with Gasteiger partial charge in [0.25, 0.3) is 0 Å². The van der Waals surface area contributed by atoms with Gasteiger partial charge in [0.2, 0.25) is 0 Å². The van der Waals surface area contributed by atoms with Crippen LogP contribution in [0.3, 0.4) is 0 Å². The van der Waals surface area contributed by atoms with Gasteiger partial charge in [0.05, 0.1) is 0 Å². The van der Waals surface area contributed by atoms with Crippen LogP contribution in [0, 0.1) is 11.8 Å². The summed E-state index contributed by atoms with van der Waals surface area (Å²) in [5, 5.41) is 0. The molecule has 0 aromatic heterocycles. The molecule has 0 aromatic carbocycles. The maximum atomic E-state index is 11.0.